The summed E-state index contributed by atoms with van der Waals surface area (Å²) < 4.78 is 24.5. The highest BCUT2D eigenvalue weighted by Gasteiger charge is 2.47. The Hall–Kier alpha value is -2.63. The molecule has 0 radical (unpaired) electrons. The standard InChI is InChI=1S/C22H26N4O6S/c23-14-6-12-9-33(31,32)10-13(7-14)19(12)24-8-11-2-1-3-15-18(11)22(30)26(21(15)29)16-4-5-17(27)25-20(16)28/h1-3,12-14,16,19,24H,4-10,23H2,(H,25,27,28). The molecule has 4 N–H and O–H groups in total. The van der Waals surface area contributed by atoms with Gasteiger partial charge in [0.2, 0.25) is 11.8 Å². The van der Waals surface area contributed by atoms with Crippen molar-refractivity contribution in [1.29, 1.82) is 0 Å². The van der Waals surface area contributed by atoms with E-state index in [4.69, 9.17) is 5.73 Å². The van der Waals surface area contributed by atoms with Gasteiger partial charge in [-0.15, -0.1) is 0 Å². The third kappa shape index (κ3) is 3.87. The normalized spacial score (nSPS) is 33.1. The number of benzene rings is 1. The zero-order valence-corrected chi connectivity index (χ0v) is 18.8. The number of hydrogen-bond donors (Lipinski definition) is 3. The first-order valence-corrected chi connectivity index (χ1v) is 13.0. The summed E-state index contributed by atoms with van der Waals surface area (Å²) >= 11 is 0. The van der Waals surface area contributed by atoms with Crippen LogP contribution in [0.15, 0.2) is 18.2 Å². The molecule has 0 spiro atoms. The lowest BCUT2D eigenvalue weighted by Gasteiger charge is -2.45. The third-order valence-corrected chi connectivity index (χ3v) is 9.12. The third-order valence-electron chi connectivity index (χ3n) is 7.25. The van der Waals surface area contributed by atoms with Gasteiger partial charge in [-0.2, -0.15) is 0 Å². The van der Waals surface area contributed by atoms with Gasteiger partial charge in [-0.05, 0) is 42.7 Å². The van der Waals surface area contributed by atoms with Crippen LogP contribution in [-0.4, -0.2) is 66.6 Å². The van der Waals surface area contributed by atoms with Crippen molar-refractivity contribution in [1.82, 2.24) is 15.5 Å². The molecule has 1 aromatic rings. The minimum Gasteiger partial charge on any atom is -0.328 e. The molecule has 4 amide bonds. The Bertz CT molecular complexity index is 1140. The van der Waals surface area contributed by atoms with Crippen LogP contribution >= 0.6 is 0 Å². The van der Waals surface area contributed by atoms with Gasteiger partial charge in [0, 0.05) is 25.0 Å². The summed E-state index contributed by atoms with van der Waals surface area (Å²) in [6.07, 6.45) is 1.42. The molecular weight excluding hydrogens is 448 g/mol. The molecule has 3 fully saturated rings. The number of rotatable bonds is 4. The molecular formula is C22H26N4O6S. The predicted octanol–water partition coefficient (Wildman–Crippen LogP) is -0.672. The number of carbonyl (C=O) groups is 4. The average Bonchev–Trinajstić information content (AvgIpc) is 2.97. The molecule has 3 unspecified atom stereocenters. The molecule has 10 nitrogen and oxygen atoms in total. The summed E-state index contributed by atoms with van der Waals surface area (Å²) in [4.78, 5) is 51.0. The van der Waals surface area contributed by atoms with Crippen LogP contribution in [0, 0.1) is 11.8 Å². The summed E-state index contributed by atoms with van der Waals surface area (Å²) in [6, 6.07) is 3.94. The van der Waals surface area contributed by atoms with Gasteiger partial charge >= 0.3 is 0 Å². The minimum absolute atomic E-state index is 0.0178. The molecule has 176 valence electrons. The largest absolute Gasteiger partial charge is 0.328 e. The van der Waals surface area contributed by atoms with Gasteiger partial charge in [0.25, 0.3) is 11.8 Å². The van der Waals surface area contributed by atoms with E-state index >= 15 is 0 Å². The van der Waals surface area contributed by atoms with E-state index in [9.17, 15) is 27.6 Å². The fourth-order valence-corrected chi connectivity index (χ4v) is 8.04. The summed E-state index contributed by atoms with van der Waals surface area (Å²) in [7, 11) is -3.10. The Morgan fingerprint density at radius 2 is 1.76 bits per heavy atom. The minimum atomic E-state index is -3.10. The fraction of sp³-hybridized carbons (Fsp3) is 0.545. The molecule has 33 heavy (non-hydrogen) atoms. The summed E-state index contributed by atoms with van der Waals surface area (Å²) in [5.74, 6) is -2.14. The van der Waals surface area contributed by atoms with E-state index in [0.29, 0.717) is 24.9 Å². The van der Waals surface area contributed by atoms with E-state index in [0.717, 1.165) is 4.90 Å². The molecule has 2 bridgehead atoms. The van der Waals surface area contributed by atoms with Gasteiger partial charge in [-0.3, -0.25) is 29.4 Å². The Labute approximate surface area is 191 Å². The van der Waals surface area contributed by atoms with Gasteiger partial charge < -0.3 is 11.1 Å². The van der Waals surface area contributed by atoms with E-state index in [1.54, 1.807) is 18.2 Å². The van der Waals surface area contributed by atoms with Crippen molar-refractivity contribution in [2.75, 3.05) is 11.5 Å². The highest BCUT2D eigenvalue weighted by Crippen LogP contribution is 2.36. The summed E-state index contributed by atoms with van der Waals surface area (Å²) in [5.41, 5.74) is 7.24. The fourth-order valence-electron chi connectivity index (χ4n) is 5.91. The number of amides is 4. The molecule has 1 aromatic carbocycles. The number of imide groups is 2. The lowest BCUT2D eigenvalue weighted by atomic mass is 9.75. The summed E-state index contributed by atoms with van der Waals surface area (Å²) in [5, 5.41) is 5.64. The van der Waals surface area contributed by atoms with E-state index in [-0.39, 0.29) is 59.4 Å². The van der Waals surface area contributed by atoms with Gasteiger partial charge in [0.15, 0.2) is 9.84 Å². The molecule has 2 saturated heterocycles. The molecule has 11 heteroatoms. The SMILES string of the molecule is NC1CC2CS(=O)(=O)CC(C1)C2NCc1cccc2c1C(=O)N(C1CCC(=O)NC1=O)C2=O. The van der Waals surface area contributed by atoms with Crippen molar-refractivity contribution in [2.24, 2.45) is 17.6 Å². The van der Waals surface area contributed by atoms with Crippen molar-refractivity contribution in [3.8, 4) is 0 Å². The maximum Gasteiger partial charge on any atom is 0.262 e. The van der Waals surface area contributed by atoms with Crippen molar-refractivity contribution in [3.05, 3.63) is 34.9 Å². The Balaban J connectivity index is 1.37. The number of piperidine rings is 1. The molecule has 5 rings (SSSR count). The monoisotopic (exact) mass is 474 g/mol. The zero-order chi connectivity index (χ0) is 23.5. The van der Waals surface area contributed by atoms with Crippen LogP contribution in [0.2, 0.25) is 0 Å². The van der Waals surface area contributed by atoms with Crippen LogP contribution < -0.4 is 16.4 Å². The number of nitrogens with two attached hydrogens (primary N) is 1. The zero-order valence-electron chi connectivity index (χ0n) is 18.0. The highest BCUT2D eigenvalue weighted by atomic mass is 32.2. The molecule has 3 aliphatic heterocycles. The van der Waals surface area contributed by atoms with E-state index in [2.05, 4.69) is 10.6 Å². The second-order valence-electron chi connectivity index (χ2n) is 9.52. The molecule has 3 heterocycles. The first kappa shape index (κ1) is 22.2. The second kappa shape index (κ2) is 8.00. The number of carbonyl (C=O) groups excluding carboxylic acids is 4. The first-order chi connectivity index (χ1) is 15.6. The van der Waals surface area contributed by atoms with Crippen LogP contribution in [0.1, 0.15) is 52.0 Å². The number of nitrogens with zero attached hydrogens (tertiary/aromatic N) is 1. The van der Waals surface area contributed by atoms with E-state index in [1.807, 2.05) is 0 Å². The summed E-state index contributed by atoms with van der Waals surface area (Å²) in [6.45, 7) is 0.290. The Morgan fingerprint density at radius 3 is 2.42 bits per heavy atom. The lowest BCUT2D eigenvalue weighted by molar-refractivity contribution is -0.136. The Morgan fingerprint density at radius 1 is 1.06 bits per heavy atom. The maximum absolute atomic E-state index is 13.2. The molecule has 0 aromatic heterocycles. The molecule has 1 saturated carbocycles. The molecule has 3 atom stereocenters. The number of hydrogen-bond acceptors (Lipinski definition) is 8. The van der Waals surface area contributed by atoms with Crippen LogP contribution in [0.5, 0.6) is 0 Å². The first-order valence-electron chi connectivity index (χ1n) is 11.2. The smallest absolute Gasteiger partial charge is 0.262 e. The van der Waals surface area contributed by atoms with Crippen LogP contribution in [0.4, 0.5) is 0 Å². The highest BCUT2D eigenvalue weighted by molar-refractivity contribution is 7.91. The van der Waals surface area contributed by atoms with E-state index < -0.39 is 39.5 Å². The van der Waals surface area contributed by atoms with Crippen molar-refractivity contribution < 1.29 is 27.6 Å². The number of nitrogens with one attached hydrogen (secondary N) is 2. The lowest BCUT2D eigenvalue weighted by Crippen LogP contribution is -2.57. The van der Waals surface area contributed by atoms with Crippen LogP contribution in [-0.2, 0) is 26.0 Å². The number of sulfone groups is 1. The molecule has 4 aliphatic rings. The van der Waals surface area contributed by atoms with Gasteiger partial charge in [-0.25, -0.2) is 8.42 Å². The van der Waals surface area contributed by atoms with Crippen molar-refractivity contribution >= 4 is 33.5 Å². The topological polar surface area (TPSA) is 156 Å². The van der Waals surface area contributed by atoms with Crippen molar-refractivity contribution in [2.45, 2.75) is 50.4 Å². The van der Waals surface area contributed by atoms with Crippen LogP contribution in [0.3, 0.4) is 0 Å². The van der Waals surface area contributed by atoms with Crippen molar-refractivity contribution in [3.63, 3.8) is 0 Å². The van der Waals surface area contributed by atoms with Crippen LogP contribution in [0.25, 0.3) is 0 Å². The second-order valence-corrected chi connectivity index (χ2v) is 11.7. The quantitative estimate of drug-likeness (QED) is 0.485. The van der Waals surface area contributed by atoms with Gasteiger partial charge in [0.1, 0.15) is 6.04 Å². The number of fused-ring (bicyclic) bond motifs is 3. The average molecular weight is 475 g/mol. The van der Waals surface area contributed by atoms with Gasteiger partial charge in [-0.1, -0.05) is 12.1 Å². The maximum atomic E-state index is 13.2. The Kier molecular flexibility index (Phi) is 5.37. The molecule has 1 aliphatic carbocycles. The van der Waals surface area contributed by atoms with E-state index in [1.165, 1.54) is 0 Å². The van der Waals surface area contributed by atoms with Gasteiger partial charge in [0.05, 0.1) is 22.6 Å². The predicted molar refractivity (Wildman–Crippen MR) is 117 cm³/mol.